The molecule has 0 bridgehead atoms. The van der Waals surface area contributed by atoms with Gasteiger partial charge in [-0.2, -0.15) is 0 Å². The highest BCUT2D eigenvalue weighted by Crippen LogP contribution is 2.14. The van der Waals surface area contributed by atoms with Crippen molar-refractivity contribution in [3.8, 4) is 0 Å². The van der Waals surface area contributed by atoms with Crippen molar-refractivity contribution in [3.63, 3.8) is 0 Å². The van der Waals surface area contributed by atoms with Crippen LogP contribution in [-0.4, -0.2) is 33.3 Å². The van der Waals surface area contributed by atoms with Crippen molar-refractivity contribution in [2.24, 2.45) is 18.9 Å². The van der Waals surface area contributed by atoms with Crippen LogP contribution in [0.1, 0.15) is 37.2 Å². The zero-order valence-electron chi connectivity index (χ0n) is 12.0. The van der Waals surface area contributed by atoms with E-state index in [2.05, 4.69) is 10.4 Å². The van der Waals surface area contributed by atoms with Gasteiger partial charge >= 0.3 is 5.97 Å². The monoisotopic (exact) mass is 283 g/mol. The van der Waals surface area contributed by atoms with Crippen molar-refractivity contribution >= 4 is 11.9 Å². The molecule has 3 N–H and O–H groups in total. The SMILES string of the molecule is CC(C)C[C@H](CNC(=O)c1cc(=O)n(C)[nH]1)CC(=O)O. The Morgan fingerprint density at radius 3 is 2.55 bits per heavy atom. The highest BCUT2D eigenvalue weighted by atomic mass is 16.4. The van der Waals surface area contributed by atoms with Crippen molar-refractivity contribution in [1.82, 2.24) is 15.1 Å². The Kier molecular flexibility index (Phi) is 5.54. The van der Waals surface area contributed by atoms with Gasteiger partial charge in [-0.05, 0) is 18.3 Å². The molecule has 0 aliphatic carbocycles. The number of aryl methyl sites for hydroxylation is 1. The van der Waals surface area contributed by atoms with Gasteiger partial charge in [0.15, 0.2) is 0 Å². The van der Waals surface area contributed by atoms with Crippen LogP contribution in [0.3, 0.4) is 0 Å². The van der Waals surface area contributed by atoms with E-state index in [0.717, 1.165) is 6.42 Å². The number of aromatic amines is 1. The molecule has 0 saturated heterocycles. The lowest BCUT2D eigenvalue weighted by atomic mass is 9.94. The van der Waals surface area contributed by atoms with Crippen LogP contribution in [0.15, 0.2) is 10.9 Å². The first-order valence-corrected chi connectivity index (χ1v) is 6.55. The number of hydrogen-bond acceptors (Lipinski definition) is 3. The molecule has 1 heterocycles. The number of nitrogens with one attached hydrogen (secondary N) is 2. The lowest BCUT2D eigenvalue weighted by molar-refractivity contribution is -0.138. The van der Waals surface area contributed by atoms with Crippen LogP contribution in [0.5, 0.6) is 0 Å². The quantitative estimate of drug-likeness (QED) is 0.680. The molecule has 1 atom stereocenters. The van der Waals surface area contributed by atoms with Crippen LogP contribution in [-0.2, 0) is 11.8 Å². The second kappa shape index (κ2) is 6.93. The number of aliphatic carboxylic acids is 1. The van der Waals surface area contributed by atoms with Crippen LogP contribution >= 0.6 is 0 Å². The van der Waals surface area contributed by atoms with Gasteiger partial charge in [0.2, 0.25) is 0 Å². The number of H-pyrrole nitrogens is 1. The minimum atomic E-state index is -0.877. The van der Waals surface area contributed by atoms with Gasteiger partial charge < -0.3 is 10.4 Å². The summed E-state index contributed by atoms with van der Waals surface area (Å²) in [6.07, 6.45) is 0.738. The van der Waals surface area contributed by atoms with Crippen LogP contribution in [0.25, 0.3) is 0 Å². The Morgan fingerprint density at radius 2 is 2.10 bits per heavy atom. The summed E-state index contributed by atoms with van der Waals surface area (Å²) in [5, 5.41) is 14.1. The summed E-state index contributed by atoms with van der Waals surface area (Å²) >= 11 is 0. The summed E-state index contributed by atoms with van der Waals surface area (Å²) < 4.78 is 1.21. The molecule has 7 nitrogen and oxygen atoms in total. The Balaban J connectivity index is 2.59. The molecule has 0 aliphatic rings. The highest BCUT2D eigenvalue weighted by Gasteiger charge is 2.17. The number of nitrogens with zero attached hydrogens (tertiary/aromatic N) is 1. The summed E-state index contributed by atoms with van der Waals surface area (Å²) in [5.74, 6) is -1.04. The average Bonchev–Trinajstić information content (AvgIpc) is 2.65. The summed E-state index contributed by atoms with van der Waals surface area (Å²) in [7, 11) is 1.52. The molecular weight excluding hydrogens is 262 g/mol. The maximum absolute atomic E-state index is 11.8. The number of carboxylic acid groups (broad SMARTS) is 1. The second-order valence-corrected chi connectivity index (χ2v) is 5.37. The first kappa shape index (κ1) is 16.0. The third kappa shape index (κ3) is 4.91. The maximum Gasteiger partial charge on any atom is 0.303 e. The van der Waals surface area contributed by atoms with Crippen LogP contribution in [0, 0.1) is 11.8 Å². The largest absolute Gasteiger partial charge is 0.481 e. The molecule has 0 saturated carbocycles. The van der Waals surface area contributed by atoms with Crippen molar-refractivity contribution in [1.29, 1.82) is 0 Å². The molecule has 0 spiro atoms. The fourth-order valence-corrected chi connectivity index (χ4v) is 2.09. The van der Waals surface area contributed by atoms with Gasteiger partial charge in [0.1, 0.15) is 5.69 Å². The van der Waals surface area contributed by atoms with Gasteiger partial charge in [-0.3, -0.25) is 24.2 Å². The van der Waals surface area contributed by atoms with Crippen LogP contribution in [0.2, 0.25) is 0 Å². The minimum Gasteiger partial charge on any atom is -0.481 e. The molecule has 0 fully saturated rings. The number of amides is 1. The van der Waals surface area contributed by atoms with E-state index in [0.29, 0.717) is 5.92 Å². The molecule has 20 heavy (non-hydrogen) atoms. The fourth-order valence-electron chi connectivity index (χ4n) is 2.09. The molecular formula is C13H21N3O4. The summed E-state index contributed by atoms with van der Waals surface area (Å²) in [5.41, 5.74) is -0.115. The minimum absolute atomic E-state index is 0.0176. The van der Waals surface area contributed by atoms with Gasteiger partial charge in [0.05, 0.1) is 0 Å². The summed E-state index contributed by atoms with van der Waals surface area (Å²) in [4.78, 5) is 33.9. The van der Waals surface area contributed by atoms with Gasteiger partial charge in [-0.15, -0.1) is 0 Å². The molecule has 112 valence electrons. The molecule has 0 aromatic carbocycles. The normalized spacial score (nSPS) is 12.4. The molecule has 1 rings (SSSR count). The maximum atomic E-state index is 11.8. The van der Waals surface area contributed by atoms with E-state index in [4.69, 9.17) is 5.11 Å². The fraction of sp³-hybridized carbons (Fsp3) is 0.615. The number of rotatable bonds is 7. The van der Waals surface area contributed by atoms with E-state index in [9.17, 15) is 14.4 Å². The summed E-state index contributed by atoms with van der Waals surface area (Å²) in [6.45, 7) is 4.29. The zero-order chi connectivity index (χ0) is 15.3. The number of carbonyl (C=O) groups is 2. The molecule has 0 aliphatic heterocycles. The second-order valence-electron chi connectivity index (χ2n) is 5.37. The molecule has 1 amide bonds. The lowest BCUT2D eigenvalue weighted by Gasteiger charge is -2.17. The van der Waals surface area contributed by atoms with Crippen LogP contribution < -0.4 is 10.9 Å². The Labute approximate surface area is 117 Å². The third-order valence-electron chi connectivity index (χ3n) is 2.95. The number of carbonyl (C=O) groups excluding carboxylic acids is 1. The average molecular weight is 283 g/mol. The molecule has 0 unspecified atom stereocenters. The van der Waals surface area contributed by atoms with E-state index >= 15 is 0 Å². The molecule has 1 aromatic heterocycles. The smallest absolute Gasteiger partial charge is 0.303 e. The van der Waals surface area contributed by atoms with E-state index in [1.165, 1.54) is 17.8 Å². The van der Waals surface area contributed by atoms with E-state index < -0.39 is 11.9 Å². The molecule has 7 heteroatoms. The topological polar surface area (TPSA) is 104 Å². The van der Waals surface area contributed by atoms with E-state index in [1.54, 1.807) is 0 Å². The third-order valence-corrected chi connectivity index (χ3v) is 2.95. The van der Waals surface area contributed by atoms with Crippen molar-refractivity contribution in [3.05, 3.63) is 22.1 Å². The first-order chi connectivity index (χ1) is 9.29. The van der Waals surface area contributed by atoms with Gasteiger partial charge in [-0.1, -0.05) is 13.8 Å². The van der Waals surface area contributed by atoms with Crippen LogP contribution in [0.4, 0.5) is 0 Å². The molecule has 1 aromatic rings. The summed E-state index contributed by atoms with van der Waals surface area (Å²) in [6, 6.07) is 1.21. The Hall–Kier alpha value is -2.05. The standard InChI is InChI=1S/C13H21N3O4/c1-8(2)4-9(5-12(18)19)7-14-13(20)10-6-11(17)16(3)15-10/h6,8-9,15H,4-5,7H2,1-3H3,(H,14,20)(H,18,19)/t9-/m0/s1. The number of hydrogen-bond donors (Lipinski definition) is 3. The molecule has 0 radical (unpaired) electrons. The Morgan fingerprint density at radius 1 is 1.45 bits per heavy atom. The van der Waals surface area contributed by atoms with E-state index in [1.807, 2.05) is 13.8 Å². The zero-order valence-corrected chi connectivity index (χ0v) is 12.0. The van der Waals surface area contributed by atoms with Gasteiger partial charge in [0, 0.05) is 26.1 Å². The highest BCUT2D eigenvalue weighted by molar-refractivity contribution is 5.92. The first-order valence-electron chi connectivity index (χ1n) is 6.55. The predicted molar refractivity (Wildman–Crippen MR) is 73.6 cm³/mol. The van der Waals surface area contributed by atoms with Gasteiger partial charge in [-0.25, -0.2) is 0 Å². The van der Waals surface area contributed by atoms with Gasteiger partial charge in [0.25, 0.3) is 11.5 Å². The Bertz CT molecular complexity index is 530. The van der Waals surface area contributed by atoms with E-state index in [-0.39, 0.29) is 30.1 Å². The number of carboxylic acids is 1. The van der Waals surface area contributed by atoms with Crippen molar-refractivity contribution in [2.75, 3.05) is 6.54 Å². The lowest BCUT2D eigenvalue weighted by Crippen LogP contribution is -2.31. The predicted octanol–water partition coefficient (Wildman–Crippen LogP) is 0.580. The van der Waals surface area contributed by atoms with Crippen molar-refractivity contribution in [2.45, 2.75) is 26.7 Å². The number of aromatic nitrogens is 2. The van der Waals surface area contributed by atoms with Crippen molar-refractivity contribution < 1.29 is 14.7 Å².